The van der Waals surface area contributed by atoms with Gasteiger partial charge in [0.2, 0.25) is 5.88 Å². The van der Waals surface area contributed by atoms with Gasteiger partial charge >= 0.3 is 0 Å². The van der Waals surface area contributed by atoms with Crippen LogP contribution in [0.5, 0.6) is 5.88 Å². The average Bonchev–Trinajstić information content (AvgIpc) is 2.88. The SMILES string of the molecule is CCCCCn1c(O)c(N=Nc2cn[nH]c(=O)c2Cl)c2ccccc21. The number of hydrogen-bond acceptors (Lipinski definition) is 5. The molecule has 0 radical (unpaired) electrons. The lowest BCUT2D eigenvalue weighted by Gasteiger charge is -2.05. The first-order valence-corrected chi connectivity index (χ1v) is 8.46. The molecule has 0 aliphatic heterocycles. The normalized spacial score (nSPS) is 11.6. The van der Waals surface area contributed by atoms with Gasteiger partial charge in [-0.2, -0.15) is 5.10 Å². The molecule has 0 atom stereocenters. The molecule has 0 bridgehead atoms. The van der Waals surface area contributed by atoms with E-state index < -0.39 is 5.56 Å². The number of fused-ring (bicyclic) bond motifs is 1. The Hall–Kier alpha value is -2.67. The number of aromatic amines is 1. The Morgan fingerprint density at radius 3 is 2.88 bits per heavy atom. The second-order valence-corrected chi connectivity index (χ2v) is 6.02. The van der Waals surface area contributed by atoms with Gasteiger partial charge in [-0.1, -0.05) is 49.6 Å². The molecule has 0 aliphatic rings. The van der Waals surface area contributed by atoms with Crippen LogP contribution in [-0.4, -0.2) is 19.9 Å². The Morgan fingerprint density at radius 2 is 2.08 bits per heavy atom. The molecule has 2 heterocycles. The van der Waals surface area contributed by atoms with Crippen LogP contribution in [-0.2, 0) is 6.54 Å². The number of nitrogens with zero attached hydrogens (tertiary/aromatic N) is 4. The molecule has 0 amide bonds. The molecule has 7 nitrogen and oxygen atoms in total. The maximum atomic E-state index is 11.5. The maximum Gasteiger partial charge on any atom is 0.285 e. The van der Waals surface area contributed by atoms with Crippen molar-refractivity contribution in [2.45, 2.75) is 32.7 Å². The number of nitrogens with one attached hydrogen (secondary N) is 1. The molecule has 8 heteroatoms. The molecule has 0 spiro atoms. The van der Waals surface area contributed by atoms with E-state index in [9.17, 15) is 9.90 Å². The number of aryl methyl sites for hydroxylation is 1. The van der Waals surface area contributed by atoms with E-state index in [1.807, 2.05) is 28.8 Å². The minimum atomic E-state index is -0.538. The van der Waals surface area contributed by atoms with E-state index in [1.54, 1.807) is 0 Å². The topological polar surface area (TPSA) is 95.6 Å². The Balaban J connectivity index is 2.04. The highest BCUT2D eigenvalue weighted by molar-refractivity contribution is 6.32. The number of H-pyrrole nitrogens is 1. The highest BCUT2D eigenvalue weighted by atomic mass is 35.5. The summed E-state index contributed by atoms with van der Waals surface area (Å²) in [5, 5.41) is 25.3. The van der Waals surface area contributed by atoms with Gasteiger partial charge in [0.05, 0.1) is 11.7 Å². The van der Waals surface area contributed by atoms with Gasteiger partial charge in [-0.3, -0.25) is 4.79 Å². The zero-order valence-corrected chi connectivity index (χ0v) is 14.5. The van der Waals surface area contributed by atoms with E-state index >= 15 is 0 Å². The molecule has 130 valence electrons. The summed E-state index contributed by atoms with van der Waals surface area (Å²) < 4.78 is 1.83. The van der Waals surface area contributed by atoms with Crippen LogP contribution in [0.1, 0.15) is 26.2 Å². The number of aromatic hydroxyl groups is 1. The molecule has 2 N–H and O–H groups in total. The number of azo groups is 1. The third-order valence-electron chi connectivity index (χ3n) is 3.94. The van der Waals surface area contributed by atoms with Gasteiger partial charge in [-0.05, 0) is 12.5 Å². The van der Waals surface area contributed by atoms with Crippen molar-refractivity contribution in [3.63, 3.8) is 0 Å². The lowest BCUT2D eigenvalue weighted by Crippen LogP contribution is -2.06. The molecule has 0 unspecified atom stereocenters. The van der Waals surface area contributed by atoms with Crippen molar-refractivity contribution < 1.29 is 5.11 Å². The van der Waals surface area contributed by atoms with Crippen LogP contribution in [0, 0.1) is 0 Å². The van der Waals surface area contributed by atoms with Crippen molar-refractivity contribution in [2.75, 3.05) is 0 Å². The molecular weight excluding hydrogens is 342 g/mol. The minimum Gasteiger partial charge on any atom is -0.493 e. The summed E-state index contributed by atoms with van der Waals surface area (Å²) in [6, 6.07) is 7.59. The second-order valence-electron chi connectivity index (χ2n) is 5.65. The Morgan fingerprint density at radius 1 is 1.28 bits per heavy atom. The number of para-hydroxylation sites is 1. The van der Waals surface area contributed by atoms with Crippen molar-refractivity contribution >= 4 is 33.9 Å². The van der Waals surface area contributed by atoms with Gasteiger partial charge < -0.3 is 9.67 Å². The number of hydrogen-bond donors (Lipinski definition) is 2. The molecule has 2 aromatic heterocycles. The quantitative estimate of drug-likeness (QED) is 0.493. The smallest absolute Gasteiger partial charge is 0.285 e. The molecule has 3 rings (SSSR count). The molecule has 1 aromatic carbocycles. The number of benzene rings is 1. The second kappa shape index (κ2) is 7.48. The van der Waals surface area contributed by atoms with Gasteiger partial charge in [0.1, 0.15) is 10.7 Å². The summed E-state index contributed by atoms with van der Waals surface area (Å²) in [7, 11) is 0. The van der Waals surface area contributed by atoms with Crippen LogP contribution >= 0.6 is 11.6 Å². The van der Waals surface area contributed by atoms with Crippen LogP contribution in [0.25, 0.3) is 10.9 Å². The molecule has 0 saturated heterocycles. The first-order chi connectivity index (χ1) is 12.1. The predicted molar refractivity (Wildman–Crippen MR) is 97.2 cm³/mol. The zero-order valence-electron chi connectivity index (χ0n) is 13.7. The number of rotatable bonds is 6. The zero-order chi connectivity index (χ0) is 17.8. The summed E-state index contributed by atoms with van der Waals surface area (Å²) in [6.07, 6.45) is 4.45. The number of unbranched alkanes of at least 4 members (excludes halogenated alkanes) is 2. The highest BCUT2D eigenvalue weighted by Crippen LogP contribution is 2.39. The monoisotopic (exact) mass is 359 g/mol. The standard InChI is InChI=1S/C17H18ClN5O2/c1-2-3-6-9-23-13-8-5-4-7-11(13)15(17(23)25)21-20-12-10-19-22-16(24)14(12)18/h4-5,7-8,10,25H,2-3,6,9H2,1H3,(H,22,24). The Kier molecular flexibility index (Phi) is 5.14. The summed E-state index contributed by atoms with van der Waals surface area (Å²) in [6.45, 7) is 2.83. The van der Waals surface area contributed by atoms with Gasteiger partial charge in [0.15, 0.2) is 5.69 Å². The predicted octanol–water partition coefficient (Wildman–Crippen LogP) is 4.69. The van der Waals surface area contributed by atoms with E-state index in [0.717, 1.165) is 30.2 Å². The number of halogens is 1. The first kappa shape index (κ1) is 17.2. The van der Waals surface area contributed by atoms with Crippen molar-refractivity contribution in [3.8, 4) is 5.88 Å². The van der Waals surface area contributed by atoms with Crippen LogP contribution in [0.15, 0.2) is 45.5 Å². The third-order valence-corrected chi connectivity index (χ3v) is 4.30. The van der Waals surface area contributed by atoms with E-state index in [4.69, 9.17) is 11.6 Å². The fraction of sp³-hybridized carbons (Fsp3) is 0.294. The lowest BCUT2D eigenvalue weighted by molar-refractivity contribution is 0.417. The fourth-order valence-electron chi connectivity index (χ4n) is 2.66. The Labute approximate surface area is 149 Å². The summed E-state index contributed by atoms with van der Waals surface area (Å²) in [4.78, 5) is 11.5. The molecule has 25 heavy (non-hydrogen) atoms. The van der Waals surface area contributed by atoms with Crippen molar-refractivity contribution in [3.05, 3.63) is 45.8 Å². The van der Waals surface area contributed by atoms with Crippen LogP contribution < -0.4 is 5.56 Å². The fourth-order valence-corrected chi connectivity index (χ4v) is 2.79. The summed E-state index contributed by atoms with van der Waals surface area (Å²) >= 11 is 5.90. The van der Waals surface area contributed by atoms with E-state index in [-0.39, 0.29) is 16.6 Å². The summed E-state index contributed by atoms with van der Waals surface area (Å²) in [5.74, 6) is 0.0509. The molecule has 0 fully saturated rings. The van der Waals surface area contributed by atoms with Crippen molar-refractivity contribution in [1.29, 1.82) is 0 Å². The maximum absolute atomic E-state index is 11.5. The van der Waals surface area contributed by atoms with Crippen LogP contribution in [0.3, 0.4) is 0 Å². The van der Waals surface area contributed by atoms with Gasteiger partial charge in [-0.25, -0.2) is 5.10 Å². The van der Waals surface area contributed by atoms with Crippen molar-refractivity contribution in [2.24, 2.45) is 10.2 Å². The molecular formula is C17H18ClN5O2. The van der Waals surface area contributed by atoms with Gasteiger partial charge in [-0.15, -0.1) is 10.2 Å². The highest BCUT2D eigenvalue weighted by Gasteiger charge is 2.16. The first-order valence-electron chi connectivity index (χ1n) is 8.08. The molecule has 0 saturated carbocycles. The van der Waals surface area contributed by atoms with E-state index in [1.165, 1.54) is 6.20 Å². The van der Waals surface area contributed by atoms with Crippen LogP contribution in [0.4, 0.5) is 11.4 Å². The number of aromatic nitrogens is 3. The van der Waals surface area contributed by atoms with Gasteiger partial charge in [0, 0.05) is 11.9 Å². The van der Waals surface area contributed by atoms with Crippen molar-refractivity contribution in [1.82, 2.24) is 14.8 Å². The third kappa shape index (κ3) is 3.41. The van der Waals surface area contributed by atoms with Gasteiger partial charge in [0.25, 0.3) is 5.56 Å². The average molecular weight is 360 g/mol. The van der Waals surface area contributed by atoms with E-state index in [2.05, 4.69) is 27.3 Å². The Bertz CT molecular complexity index is 977. The lowest BCUT2D eigenvalue weighted by atomic mass is 10.2. The summed E-state index contributed by atoms with van der Waals surface area (Å²) in [5.41, 5.74) is 0.848. The molecule has 3 aromatic rings. The molecule has 0 aliphatic carbocycles. The largest absolute Gasteiger partial charge is 0.493 e. The minimum absolute atomic E-state index is 0.0509. The van der Waals surface area contributed by atoms with E-state index in [0.29, 0.717) is 12.2 Å². The van der Waals surface area contributed by atoms with Crippen LogP contribution in [0.2, 0.25) is 5.02 Å².